The van der Waals surface area contributed by atoms with Gasteiger partial charge in [-0.1, -0.05) is 23.2 Å². The molecule has 1 aromatic rings. The molecule has 1 atom stereocenters. The van der Waals surface area contributed by atoms with Gasteiger partial charge in [0.2, 0.25) is 0 Å². The second-order valence-corrected chi connectivity index (χ2v) is 4.06. The predicted molar refractivity (Wildman–Crippen MR) is 62.0 cm³/mol. The summed E-state index contributed by atoms with van der Waals surface area (Å²) in [5.74, 6) is -0.900. The van der Waals surface area contributed by atoms with Crippen molar-refractivity contribution >= 4 is 34.9 Å². The van der Waals surface area contributed by atoms with Gasteiger partial charge in [-0.05, 0) is 25.1 Å². The van der Waals surface area contributed by atoms with E-state index in [1.54, 1.807) is 37.1 Å². The van der Waals surface area contributed by atoms with Gasteiger partial charge in [-0.15, -0.1) is 0 Å². The van der Waals surface area contributed by atoms with Crippen LogP contribution in [0.15, 0.2) is 18.2 Å². The molecule has 1 rings (SSSR count). The van der Waals surface area contributed by atoms with Gasteiger partial charge in [0.25, 0.3) is 0 Å². The summed E-state index contributed by atoms with van der Waals surface area (Å²) in [5.41, 5.74) is 0.649. The largest absolute Gasteiger partial charge is 0.480 e. The fraction of sp³-hybridized carbons (Fsp3) is 0.300. The Morgan fingerprint density at radius 3 is 2.53 bits per heavy atom. The van der Waals surface area contributed by atoms with Crippen molar-refractivity contribution in [2.24, 2.45) is 0 Å². The molecule has 0 spiro atoms. The van der Waals surface area contributed by atoms with Gasteiger partial charge < -0.3 is 10.0 Å². The van der Waals surface area contributed by atoms with Crippen molar-refractivity contribution in [1.29, 1.82) is 0 Å². The van der Waals surface area contributed by atoms with Crippen molar-refractivity contribution in [3.63, 3.8) is 0 Å². The number of hydrogen-bond donors (Lipinski definition) is 1. The molecule has 0 aliphatic heterocycles. The highest BCUT2D eigenvalue weighted by Gasteiger charge is 2.18. The second-order valence-electron chi connectivity index (χ2n) is 3.22. The summed E-state index contributed by atoms with van der Waals surface area (Å²) in [7, 11) is 1.67. The Morgan fingerprint density at radius 2 is 2.07 bits per heavy atom. The van der Waals surface area contributed by atoms with Crippen LogP contribution in [-0.2, 0) is 4.79 Å². The quantitative estimate of drug-likeness (QED) is 0.893. The first-order valence-corrected chi connectivity index (χ1v) is 5.09. The van der Waals surface area contributed by atoms with Crippen LogP contribution in [0.2, 0.25) is 10.0 Å². The highest BCUT2D eigenvalue weighted by molar-refractivity contribution is 6.36. The van der Waals surface area contributed by atoms with Crippen molar-refractivity contribution in [1.82, 2.24) is 0 Å². The molecule has 1 unspecified atom stereocenters. The Balaban J connectivity index is 3.01. The molecule has 0 heterocycles. The van der Waals surface area contributed by atoms with E-state index in [4.69, 9.17) is 28.3 Å². The van der Waals surface area contributed by atoms with E-state index in [9.17, 15) is 4.79 Å². The summed E-state index contributed by atoms with van der Waals surface area (Å²) in [5, 5.41) is 9.82. The average molecular weight is 248 g/mol. The molecular formula is C10H11Cl2NO2. The zero-order valence-electron chi connectivity index (χ0n) is 8.37. The summed E-state index contributed by atoms with van der Waals surface area (Å²) in [6.45, 7) is 1.59. The topological polar surface area (TPSA) is 40.5 Å². The molecule has 0 fully saturated rings. The number of nitrogens with zero attached hydrogens (tertiary/aromatic N) is 1. The molecule has 1 N–H and O–H groups in total. The third-order valence-electron chi connectivity index (χ3n) is 2.23. The molecule has 3 nitrogen and oxygen atoms in total. The van der Waals surface area contributed by atoms with Crippen LogP contribution in [-0.4, -0.2) is 24.2 Å². The van der Waals surface area contributed by atoms with Gasteiger partial charge in [0.1, 0.15) is 6.04 Å². The van der Waals surface area contributed by atoms with E-state index >= 15 is 0 Å². The van der Waals surface area contributed by atoms with Crippen LogP contribution in [0.5, 0.6) is 0 Å². The lowest BCUT2D eigenvalue weighted by atomic mass is 10.2. The minimum absolute atomic E-state index is 0.443. The fourth-order valence-corrected chi connectivity index (χ4v) is 1.68. The van der Waals surface area contributed by atoms with Gasteiger partial charge in [0.05, 0.1) is 10.7 Å². The van der Waals surface area contributed by atoms with E-state index < -0.39 is 12.0 Å². The highest BCUT2D eigenvalue weighted by atomic mass is 35.5. The Kier molecular flexibility index (Phi) is 3.83. The second kappa shape index (κ2) is 4.73. The summed E-state index contributed by atoms with van der Waals surface area (Å²) >= 11 is 11.7. The molecular weight excluding hydrogens is 237 g/mol. The molecule has 0 saturated carbocycles. The lowest BCUT2D eigenvalue weighted by molar-refractivity contribution is -0.138. The molecule has 0 aliphatic rings. The third kappa shape index (κ3) is 2.76. The Hall–Kier alpha value is -0.930. The average Bonchev–Trinajstić information content (AvgIpc) is 2.15. The molecule has 82 valence electrons. The number of hydrogen-bond acceptors (Lipinski definition) is 2. The van der Waals surface area contributed by atoms with E-state index in [1.165, 1.54) is 0 Å². The maximum atomic E-state index is 10.8. The first-order chi connectivity index (χ1) is 6.93. The van der Waals surface area contributed by atoms with Gasteiger partial charge in [0, 0.05) is 12.1 Å². The van der Waals surface area contributed by atoms with E-state index in [0.29, 0.717) is 15.7 Å². The first-order valence-electron chi connectivity index (χ1n) is 4.34. The number of carboxylic acids is 1. The van der Waals surface area contributed by atoms with Crippen LogP contribution in [0.3, 0.4) is 0 Å². The SMILES string of the molecule is CC(C(=O)O)N(C)c1ccc(Cl)cc1Cl. The van der Waals surface area contributed by atoms with Crippen LogP contribution < -0.4 is 4.90 Å². The molecule has 0 aromatic heterocycles. The lowest BCUT2D eigenvalue weighted by Gasteiger charge is -2.24. The van der Waals surface area contributed by atoms with Crippen molar-refractivity contribution in [3.05, 3.63) is 28.2 Å². The zero-order valence-corrected chi connectivity index (χ0v) is 9.88. The fourth-order valence-electron chi connectivity index (χ4n) is 1.14. The summed E-state index contributed by atoms with van der Waals surface area (Å²) in [4.78, 5) is 12.4. The highest BCUT2D eigenvalue weighted by Crippen LogP contribution is 2.29. The third-order valence-corrected chi connectivity index (χ3v) is 2.77. The summed E-state index contributed by atoms with van der Waals surface area (Å²) in [6, 6.07) is 4.32. The number of aliphatic carboxylic acids is 1. The van der Waals surface area contributed by atoms with Crippen LogP contribution in [0.25, 0.3) is 0 Å². The van der Waals surface area contributed by atoms with Crippen LogP contribution >= 0.6 is 23.2 Å². The van der Waals surface area contributed by atoms with Gasteiger partial charge in [-0.3, -0.25) is 0 Å². The number of rotatable bonds is 3. The van der Waals surface area contributed by atoms with Gasteiger partial charge in [0.15, 0.2) is 0 Å². The van der Waals surface area contributed by atoms with E-state index in [2.05, 4.69) is 0 Å². The minimum atomic E-state index is -0.900. The van der Waals surface area contributed by atoms with E-state index in [-0.39, 0.29) is 0 Å². The maximum absolute atomic E-state index is 10.8. The molecule has 0 amide bonds. The van der Waals surface area contributed by atoms with Crippen molar-refractivity contribution in [2.75, 3.05) is 11.9 Å². The molecule has 0 radical (unpaired) electrons. The van der Waals surface area contributed by atoms with Crippen molar-refractivity contribution in [3.8, 4) is 0 Å². The number of halogens is 2. The summed E-state index contributed by atoms with van der Waals surface area (Å²) < 4.78 is 0. The molecule has 5 heteroatoms. The van der Waals surface area contributed by atoms with Crippen LogP contribution in [0.4, 0.5) is 5.69 Å². The monoisotopic (exact) mass is 247 g/mol. The minimum Gasteiger partial charge on any atom is -0.480 e. The maximum Gasteiger partial charge on any atom is 0.326 e. The number of anilines is 1. The first kappa shape index (κ1) is 12.1. The molecule has 1 aromatic carbocycles. The van der Waals surface area contributed by atoms with Crippen LogP contribution in [0, 0.1) is 0 Å². The molecule has 0 saturated heterocycles. The standard InChI is InChI=1S/C10H11Cl2NO2/c1-6(10(14)15)13(2)9-4-3-7(11)5-8(9)12/h3-6H,1-2H3,(H,14,15). The van der Waals surface area contributed by atoms with Crippen molar-refractivity contribution < 1.29 is 9.90 Å². The predicted octanol–water partition coefficient (Wildman–Crippen LogP) is 2.90. The Morgan fingerprint density at radius 1 is 1.47 bits per heavy atom. The zero-order chi connectivity index (χ0) is 11.6. The number of carboxylic acid groups (broad SMARTS) is 1. The normalized spacial score (nSPS) is 12.3. The van der Waals surface area contributed by atoms with Gasteiger partial charge in [-0.25, -0.2) is 4.79 Å². The smallest absolute Gasteiger partial charge is 0.326 e. The number of likely N-dealkylation sites (N-methyl/N-ethyl adjacent to an activating group) is 1. The summed E-state index contributed by atoms with van der Waals surface area (Å²) in [6.07, 6.45) is 0. The number of benzene rings is 1. The van der Waals surface area contributed by atoms with Gasteiger partial charge >= 0.3 is 5.97 Å². The Bertz CT molecular complexity index is 382. The number of carbonyl (C=O) groups is 1. The van der Waals surface area contributed by atoms with E-state index in [1.807, 2.05) is 0 Å². The van der Waals surface area contributed by atoms with Gasteiger partial charge in [-0.2, -0.15) is 0 Å². The van der Waals surface area contributed by atoms with E-state index in [0.717, 1.165) is 0 Å². The Labute approximate surface area is 98.2 Å². The van der Waals surface area contributed by atoms with Crippen molar-refractivity contribution in [2.45, 2.75) is 13.0 Å². The molecule has 0 aliphatic carbocycles. The molecule has 15 heavy (non-hydrogen) atoms. The lowest BCUT2D eigenvalue weighted by Crippen LogP contribution is -2.35. The van der Waals surface area contributed by atoms with Crippen LogP contribution in [0.1, 0.15) is 6.92 Å². The molecule has 0 bridgehead atoms.